The number of halogens is 3. The zero-order valence-corrected chi connectivity index (χ0v) is 15.7. The number of rotatable bonds is 4. The molecular formula is C21H14F3N5O2. The summed E-state index contributed by atoms with van der Waals surface area (Å²) in [5, 5.41) is 3.60. The summed E-state index contributed by atoms with van der Waals surface area (Å²) >= 11 is 0. The van der Waals surface area contributed by atoms with E-state index in [2.05, 4.69) is 20.3 Å². The number of hydrogen-bond acceptors (Lipinski definition) is 6. The monoisotopic (exact) mass is 425 g/mol. The van der Waals surface area contributed by atoms with E-state index in [4.69, 9.17) is 10.5 Å². The molecule has 1 amide bonds. The van der Waals surface area contributed by atoms with Crippen LogP contribution in [0.2, 0.25) is 0 Å². The highest BCUT2D eigenvalue weighted by molar-refractivity contribution is 6.11. The van der Waals surface area contributed by atoms with E-state index in [0.717, 1.165) is 12.1 Å². The van der Waals surface area contributed by atoms with Crippen LogP contribution in [0.3, 0.4) is 0 Å². The lowest BCUT2D eigenvalue weighted by molar-refractivity contribution is -0.137. The number of alkyl halides is 3. The minimum atomic E-state index is -4.51. The fourth-order valence-corrected chi connectivity index (χ4v) is 2.90. The number of carbonyl (C=O) groups excluding carboxylic acids is 1. The van der Waals surface area contributed by atoms with Crippen LogP contribution < -0.4 is 15.8 Å². The maximum absolute atomic E-state index is 12.9. The van der Waals surface area contributed by atoms with Crippen molar-refractivity contribution in [3.63, 3.8) is 0 Å². The summed E-state index contributed by atoms with van der Waals surface area (Å²) in [6.07, 6.45) is -1.63. The average Bonchev–Trinajstić information content (AvgIpc) is 2.73. The number of ether oxygens (including phenoxy) is 1. The van der Waals surface area contributed by atoms with Gasteiger partial charge < -0.3 is 15.8 Å². The summed E-state index contributed by atoms with van der Waals surface area (Å²) in [5.74, 6) is 0.127. The Morgan fingerprint density at radius 2 is 1.81 bits per heavy atom. The van der Waals surface area contributed by atoms with Crippen LogP contribution in [0.15, 0.2) is 67.0 Å². The predicted octanol–water partition coefficient (Wildman–Crippen LogP) is 4.67. The van der Waals surface area contributed by atoms with Crippen molar-refractivity contribution in [2.24, 2.45) is 0 Å². The number of nitrogens with one attached hydrogen (secondary N) is 1. The standard InChI is InChI=1S/C21H14F3N5O2/c22-21(23,24)13-2-1-3-14(11-13)28-19(30)18-16-5-4-15(10-12(16)6-8-26-18)31-17-7-9-27-20(25)29-17/h1-11H,(H,28,30)(H2,25,27,29). The van der Waals surface area contributed by atoms with Gasteiger partial charge >= 0.3 is 6.18 Å². The van der Waals surface area contributed by atoms with Crippen molar-refractivity contribution < 1.29 is 22.7 Å². The molecule has 0 radical (unpaired) electrons. The topological polar surface area (TPSA) is 103 Å². The van der Waals surface area contributed by atoms with Crippen LogP contribution in [0.4, 0.5) is 24.8 Å². The van der Waals surface area contributed by atoms with Crippen LogP contribution in [-0.4, -0.2) is 20.9 Å². The van der Waals surface area contributed by atoms with Gasteiger partial charge in [-0.15, -0.1) is 0 Å². The lowest BCUT2D eigenvalue weighted by Gasteiger charge is -2.11. The van der Waals surface area contributed by atoms with E-state index in [0.29, 0.717) is 16.5 Å². The minimum absolute atomic E-state index is 0.0138. The van der Waals surface area contributed by atoms with E-state index >= 15 is 0 Å². The molecule has 3 N–H and O–H groups in total. The van der Waals surface area contributed by atoms with Crippen LogP contribution in [0.1, 0.15) is 16.1 Å². The van der Waals surface area contributed by atoms with E-state index in [-0.39, 0.29) is 23.2 Å². The molecule has 31 heavy (non-hydrogen) atoms. The normalized spacial score (nSPS) is 11.3. The van der Waals surface area contributed by atoms with E-state index < -0.39 is 17.6 Å². The third-order valence-corrected chi connectivity index (χ3v) is 4.27. The van der Waals surface area contributed by atoms with Gasteiger partial charge in [0, 0.05) is 29.5 Å². The highest BCUT2D eigenvalue weighted by Crippen LogP contribution is 2.31. The van der Waals surface area contributed by atoms with Gasteiger partial charge in [0.05, 0.1) is 5.56 Å². The molecule has 0 unspecified atom stereocenters. The van der Waals surface area contributed by atoms with Crippen molar-refractivity contribution in [2.75, 3.05) is 11.1 Å². The molecule has 2 heterocycles. The number of pyridine rings is 1. The maximum atomic E-state index is 12.9. The number of anilines is 2. The molecule has 10 heteroatoms. The molecular weight excluding hydrogens is 411 g/mol. The number of carbonyl (C=O) groups is 1. The van der Waals surface area contributed by atoms with E-state index in [9.17, 15) is 18.0 Å². The minimum Gasteiger partial charge on any atom is -0.439 e. The molecule has 0 spiro atoms. The first-order valence-electron chi connectivity index (χ1n) is 8.93. The van der Waals surface area contributed by atoms with Crippen LogP contribution >= 0.6 is 0 Å². The Bertz CT molecular complexity index is 1280. The van der Waals surface area contributed by atoms with E-state index in [1.165, 1.54) is 24.5 Å². The summed E-state index contributed by atoms with van der Waals surface area (Å²) in [6.45, 7) is 0. The summed E-state index contributed by atoms with van der Waals surface area (Å²) in [7, 11) is 0. The molecule has 0 atom stereocenters. The molecule has 0 aliphatic rings. The molecule has 0 saturated carbocycles. The van der Waals surface area contributed by atoms with Crippen LogP contribution in [-0.2, 0) is 6.18 Å². The lowest BCUT2D eigenvalue weighted by Crippen LogP contribution is -2.15. The van der Waals surface area contributed by atoms with Crippen molar-refractivity contribution in [3.05, 3.63) is 78.2 Å². The van der Waals surface area contributed by atoms with Gasteiger partial charge in [-0.2, -0.15) is 18.2 Å². The van der Waals surface area contributed by atoms with Crippen LogP contribution in [0.25, 0.3) is 10.8 Å². The van der Waals surface area contributed by atoms with Gasteiger partial charge in [0.25, 0.3) is 5.91 Å². The average molecular weight is 425 g/mol. The second kappa shape index (κ2) is 7.90. The zero-order chi connectivity index (χ0) is 22.0. The second-order valence-electron chi connectivity index (χ2n) is 6.43. The molecule has 0 bridgehead atoms. The van der Waals surface area contributed by atoms with Crippen molar-refractivity contribution in [1.29, 1.82) is 0 Å². The highest BCUT2D eigenvalue weighted by Gasteiger charge is 2.30. The Balaban J connectivity index is 1.60. The zero-order valence-electron chi connectivity index (χ0n) is 15.7. The maximum Gasteiger partial charge on any atom is 0.416 e. The van der Waals surface area contributed by atoms with Gasteiger partial charge in [0.2, 0.25) is 11.8 Å². The Morgan fingerprint density at radius 1 is 1.00 bits per heavy atom. The fourth-order valence-electron chi connectivity index (χ4n) is 2.90. The lowest BCUT2D eigenvalue weighted by atomic mass is 10.1. The number of nitrogen functional groups attached to an aromatic ring is 1. The van der Waals surface area contributed by atoms with Gasteiger partial charge in [-0.3, -0.25) is 9.78 Å². The van der Waals surface area contributed by atoms with Gasteiger partial charge in [0.1, 0.15) is 11.4 Å². The van der Waals surface area contributed by atoms with Gasteiger partial charge in [-0.1, -0.05) is 6.07 Å². The number of benzene rings is 2. The Hall–Kier alpha value is -4.21. The third kappa shape index (κ3) is 4.53. The Labute approximate surface area is 173 Å². The van der Waals surface area contributed by atoms with E-state index in [1.54, 1.807) is 30.3 Å². The van der Waals surface area contributed by atoms with Crippen molar-refractivity contribution in [1.82, 2.24) is 15.0 Å². The Kier molecular flexibility index (Phi) is 5.12. The van der Waals surface area contributed by atoms with Gasteiger partial charge in [-0.05, 0) is 47.9 Å². The summed E-state index contributed by atoms with van der Waals surface area (Å²) in [4.78, 5) is 24.5. The number of fused-ring (bicyclic) bond motifs is 1. The fraction of sp³-hybridized carbons (Fsp3) is 0.0476. The summed E-state index contributed by atoms with van der Waals surface area (Å²) in [5.41, 5.74) is 4.75. The number of nitrogens with two attached hydrogens (primary N) is 1. The van der Waals surface area contributed by atoms with Crippen molar-refractivity contribution in [2.45, 2.75) is 6.18 Å². The van der Waals surface area contributed by atoms with Crippen molar-refractivity contribution >= 4 is 28.3 Å². The van der Waals surface area contributed by atoms with E-state index in [1.807, 2.05) is 0 Å². The number of aromatic nitrogens is 3. The molecule has 4 aromatic rings. The molecule has 0 saturated heterocycles. The highest BCUT2D eigenvalue weighted by atomic mass is 19.4. The quantitative estimate of drug-likeness (QED) is 0.493. The molecule has 2 aromatic carbocycles. The first-order valence-corrected chi connectivity index (χ1v) is 8.93. The number of amides is 1. The SMILES string of the molecule is Nc1nccc(Oc2ccc3c(C(=O)Nc4cccc(C(F)(F)F)c4)nccc3c2)n1. The van der Waals surface area contributed by atoms with Crippen LogP contribution in [0, 0.1) is 0 Å². The summed E-state index contributed by atoms with van der Waals surface area (Å²) < 4.78 is 44.4. The molecule has 7 nitrogen and oxygen atoms in total. The first-order chi connectivity index (χ1) is 14.8. The smallest absolute Gasteiger partial charge is 0.416 e. The molecule has 0 aliphatic carbocycles. The van der Waals surface area contributed by atoms with Crippen molar-refractivity contribution in [3.8, 4) is 11.6 Å². The molecule has 0 fully saturated rings. The first kappa shape index (κ1) is 20.1. The predicted molar refractivity (Wildman–Crippen MR) is 108 cm³/mol. The Morgan fingerprint density at radius 3 is 2.58 bits per heavy atom. The molecule has 4 rings (SSSR count). The van der Waals surface area contributed by atoms with Gasteiger partial charge in [0.15, 0.2) is 0 Å². The number of nitrogens with zero attached hydrogens (tertiary/aromatic N) is 3. The molecule has 0 aliphatic heterocycles. The third-order valence-electron chi connectivity index (χ3n) is 4.27. The summed E-state index contributed by atoms with van der Waals surface area (Å²) in [6, 6.07) is 12.5. The number of hydrogen-bond donors (Lipinski definition) is 2. The second-order valence-corrected chi connectivity index (χ2v) is 6.43. The molecule has 2 aromatic heterocycles. The largest absolute Gasteiger partial charge is 0.439 e. The molecule has 156 valence electrons. The van der Waals surface area contributed by atoms with Crippen LogP contribution in [0.5, 0.6) is 11.6 Å². The van der Waals surface area contributed by atoms with Gasteiger partial charge in [-0.25, -0.2) is 4.98 Å².